The van der Waals surface area contributed by atoms with E-state index in [4.69, 9.17) is 9.47 Å². The summed E-state index contributed by atoms with van der Waals surface area (Å²) < 4.78 is 11.1. The molecule has 5 heteroatoms. The topological polar surface area (TPSA) is 50.8 Å². The lowest BCUT2D eigenvalue weighted by atomic mass is 10.0. The summed E-state index contributed by atoms with van der Waals surface area (Å²) in [4.78, 5) is 14.6. The zero-order valence-electron chi connectivity index (χ0n) is 13.4. The van der Waals surface area contributed by atoms with Gasteiger partial charge in [-0.15, -0.1) is 0 Å². The molecule has 0 aromatic heterocycles. The predicted octanol–water partition coefficient (Wildman–Crippen LogP) is 2.06. The second-order valence-corrected chi connectivity index (χ2v) is 6.78. The fourth-order valence-electron chi connectivity index (χ4n) is 3.30. The van der Waals surface area contributed by atoms with Gasteiger partial charge in [0.2, 0.25) is 0 Å². The smallest absolute Gasteiger partial charge is 0.253 e. The van der Waals surface area contributed by atoms with Crippen molar-refractivity contribution < 1.29 is 14.3 Å². The Bertz CT molecular complexity index is 578. The molecule has 1 saturated carbocycles. The largest absolute Gasteiger partial charge is 0.486 e. The van der Waals surface area contributed by atoms with E-state index in [2.05, 4.69) is 5.32 Å². The summed E-state index contributed by atoms with van der Waals surface area (Å²) in [7, 11) is 0. The minimum atomic E-state index is 0.0996. The molecule has 0 spiro atoms. The van der Waals surface area contributed by atoms with Crippen LogP contribution >= 0.6 is 0 Å². The maximum Gasteiger partial charge on any atom is 0.253 e. The number of hydrogen-bond acceptors (Lipinski definition) is 4. The molecule has 1 aliphatic carbocycles. The molecule has 1 aromatic carbocycles. The minimum Gasteiger partial charge on any atom is -0.486 e. The molecule has 5 nitrogen and oxygen atoms in total. The molecule has 2 fully saturated rings. The molecular weight excluding hydrogens is 292 g/mol. The molecule has 23 heavy (non-hydrogen) atoms. The van der Waals surface area contributed by atoms with Crippen molar-refractivity contribution >= 4 is 5.91 Å². The van der Waals surface area contributed by atoms with E-state index < -0.39 is 0 Å². The van der Waals surface area contributed by atoms with Crippen molar-refractivity contribution in [3.63, 3.8) is 0 Å². The molecule has 2 aliphatic heterocycles. The van der Waals surface area contributed by atoms with E-state index in [1.54, 1.807) is 0 Å². The highest BCUT2D eigenvalue weighted by Gasteiger charge is 2.27. The fourth-order valence-corrected chi connectivity index (χ4v) is 3.30. The first-order chi connectivity index (χ1) is 11.3. The third kappa shape index (κ3) is 3.44. The Morgan fingerprint density at radius 2 is 1.83 bits per heavy atom. The molecule has 1 saturated heterocycles. The van der Waals surface area contributed by atoms with Gasteiger partial charge in [0.1, 0.15) is 13.2 Å². The maximum absolute atomic E-state index is 12.7. The van der Waals surface area contributed by atoms with E-state index in [9.17, 15) is 4.79 Å². The molecule has 0 radical (unpaired) electrons. The van der Waals surface area contributed by atoms with Gasteiger partial charge in [-0.2, -0.15) is 0 Å². The molecule has 1 amide bonds. The number of likely N-dealkylation sites (tertiary alicyclic amines) is 1. The molecule has 124 valence electrons. The molecule has 0 atom stereocenters. The van der Waals surface area contributed by atoms with Crippen LogP contribution in [-0.2, 0) is 0 Å². The van der Waals surface area contributed by atoms with Gasteiger partial charge >= 0.3 is 0 Å². The summed E-state index contributed by atoms with van der Waals surface area (Å²) in [6.45, 7) is 3.93. The van der Waals surface area contributed by atoms with Crippen LogP contribution in [0.4, 0.5) is 0 Å². The number of hydrogen-bond donors (Lipinski definition) is 1. The monoisotopic (exact) mass is 316 g/mol. The number of nitrogens with one attached hydrogen (secondary N) is 1. The standard InChI is InChI=1S/C18H24N2O3/c21-18(14-3-4-16-17(11-14)23-10-9-22-16)20-7-5-15(6-8-20)19-12-13-1-2-13/h3-4,11,13,15,19H,1-2,5-10,12H2. The molecule has 0 unspecified atom stereocenters. The molecule has 1 aromatic rings. The highest BCUT2D eigenvalue weighted by atomic mass is 16.6. The van der Waals surface area contributed by atoms with Crippen molar-refractivity contribution in [2.45, 2.75) is 31.7 Å². The van der Waals surface area contributed by atoms with Gasteiger partial charge in [-0.25, -0.2) is 0 Å². The lowest BCUT2D eigenvalue weighted by Gasteiger charge is -2.32. The first kappa shape index (κ1) is 14.8. The highest BCUT2D eigenvalue weighted by molar-refractivity contribution is 5.95. The van der Waals surface area contributed by atoms with E-state index in [0.717, 1.165) is 44.1 Å². The predicted molar refractivity (Wildman–Crippen MR) is 87.1 cm³/mol. The number of rotatable bonds is 4. The van der Waals surface area contributed by atoms with Crippen molar-refractivity contribution in [1.29, 1.82) is 0 Å². The maximum atomic E-state index is 12.7. The molecule has 1 N–H and O–H groups in total. The van der Waals surface area contributed by atoms with Crippen molar-refractivity contribution in [3.8, 4) is 11.5 Å². The van der Waals surface area contributed by atoms with Gasteiger partial charge < -0.3 is 19.7 Å². The van der Waals surface area contributed by atoms with Gasteiger partial charge in [0, 0.05) is 24.7 Å². The first-order valence-corrected chi connectivity index (χ1v) is 8.72. The fraction of sp³-hybridized carbons (Fsp3) is 0.611. The van der Waals surface area contributed by atoms with Crippen LogP contribution in [0.5, 0.6) is 11.5 Å². The summed E-state index contributed by atoms with van der Waals surface area (Å²) in [5, 5.41) is 3.65. The number of carbonyl (C=O) groups is 1. The molecule has 3 aliphatic rings. The molecule has 0 bridgehead atoms. The van der Waals surface area contributed by atoms with Crippen LogP contribution in [0.2, 0.25) is 0 Å². The number of benzene rings is 1. The van der Waals surface area contributed by atoms with Crippen molar-refractivity contribution in [2.24, 2.45) is 5.92 Å². The van der Waals surface area contributed by atoms with Crippen LogP contribution in [0.1, 0.15) is 36.0 Å². The van der Waals surface area contributed by atoms with E-state index in [-0.39, 0.29) is 5.91 Å². The van der Waals surface area contributed by atoms with Gasteiger partial charge in [0.05, 0.1) is 0 Å². The van der Waals surface area contributed by atoms with Crippen LogP contribution in [-0.4, -0.2) is 49.7 Å². The highest BCUT2D eigenvalue weighted by Crippen LogP contribution is 2.31. The number of ether oxygens (including phenoxy) is 2. The molecule has 4 rings (SSSR count). The van der Waals surface area contributed by atoms with Crippen LogP contribution < -0.4 is 14.8 Å². The van der Waals surface area contributed by atoms with Crippen molar-refractivity contribution in [3.05, 3.63) is 23.8 Å². The summed E-state index contributed by atoms with van der Waals surface area (Å²) >= 11 is 0. The van der Waals surface area contributed by atoms with E-state index in [1.165, 1.54) is 12.8 Å². The first-order valence-electron chi connectivity index (χ1n) is 8.72. The zero-order chi connectivity index (χ0) is 15.6. The van der Waals surface area contributed by atoms with Crippen molar-refractivity contribution in [1.82, 2.24) is 10.2 Å². The van der Waals surface area contributed by atoms with E-state index in [0.29, 0.717) is 30.6 Å². The Labute approximate surface area is 136 Å². The Hall–Kier alpha value is -1.75. The van der Waals surface area contributed by atoms with Crippen LogP contribution in [0.15, 0.2) is 18.2 Å². The van der Waals surface area contributed by atoms with Gasteiger partial charge in [0.25, 0.3) is 5.91 Å². The summed E-state index contributed by atoms with van der Waals surface area (Å²) in [6, 6.07) is 6.06. The van der Waals surface area contributed by atoms with Gasteiger partial charge in [-0.05, 0) is 56.3 Å². The Kier molecular flexibility index (Phi) is 4.12. The summed E-state index contributed by atoms with van der Waals surface area (Å²) in [5.74, 6) is 2.42. The molecule has 2 heterocycles. The third-order valence-corrected chi connectivity index (χ3v) is 4.96. The van der Waals surface area contributed by atoms with Gasteiger partial charge in [-0.1, -0.05) is 0 Å². The minimum absolute atomic E-state index is 0.0996. The van der Waals surface area contributed by atoms with Crippen LogP contribution in [0, 0.1) is 5.92 Å². The quantitative estimate of drug-likeness (QED) is 0.924. The number of fused-ring (bicyclic) bond motifs is 1. The van der Waals surface area contributed by atoms with E-state index >= 15 is 0 Å². The lowest BCUT2D eigenvalue weighted by molar-refractivity contribution is 0.0704. The Balaban J connectivity index is 1.34. The van der Waals surface area contributed by atoms with Crippen LogP contribution in [0.25, 0.3) is 0 Å². The van der Waals surface area contributed by atoms with Gasteiger partial charge in [-0.3, -0.25) is 4.79 Å². The van der Waals surface area contributed by atoms with E-state index in [1.807, 2.05) is 23.1 Å². The van der Waals surface area contributed by atoms with Crippen LogP contribution in [0.3, 0.4) is 0 Å². The second-order valence-electron chi connectivity index (χ2n) is 6.78. The van der Waals surface area contributed by atoms with Gasteiger partial charge in [0.15, 0.2) is 11.5 Å². The number of amides is 1. The average molecular weight is 316 g/mol. The Morgan fingerprint density at radius 1 is 1.09 bits per heavy atom. The number of piperidine rings is 1. The summed E-state index contributed by atoms with van der Waals surface area (Å²) in [5.41, 5.74) is 0.693. The summed E-state index contributed by atoms with van der Waals surface area (Å²) in [6.07, 6.45) is 4.86. The molecular formula is C18H24N2O3. The number of nitrogens with zero attached hydrogens (tertiary/aromatic N) is 1. The van der Waals surface area contributed by atoms with Crippen molar-refractivity contribution in [2.75, 3.05) is 32.8 Å². The SMILES string of the molecule is O=C(c1ccc2c(c1)OCCO2)N1CCC(NCC2CC2)CC1. The normalized spacial score (nSPS) is 21.3. The average Bonchev–Trinajstić information content (AvgIpc) is 3.44. The Morgan fingerprint density at radius 3 is 2.57 bits per heavy atom. The third-order valence-electron chi connectivity index (χ3n) is 4.96. The second kappa shape index (κ2) is 6.40. The lowest BCUT2D eigenvalue weighted by Crippen LogP contribution is -2.45. The number of carbonyl (C=O) groups excluding carboxylic acids is 1. The zero-order valence-corrected chi connectivity index (χ0v) is 13.4.